The van der Waals surface area contributed by atoms with Crippen LogP contribution in [0, 0.1) is 0 Å². The van der Waals surface area contributed by atoms with Gasteiger partial charge < -0.3 is 0 Å². The second kappa shape index (κ2) is 3.04. The second-order valence-corrected chi connectivity index (χ2v) is 10.7. The van der Waals surface area contributed by atoms with Crippen LogP contribution in [0.2, 0.25) is 13.1 Å². The molecule has 0 aromatic heterocycles. The standard InChI is InChI=1S/C6H8Cl2SeSi/c1-10(2)5(8)4-9-6(10)3-7/h3-4H,1-2H3/b6-3+. The van der Waals surface area contributed by atoms with Crippen LogP contribution in [0.3, 0.4) is 0 Å². The van der Waals surface area contributed by atoms with Crippen molar-refractivity contribution in [2.45, 2.75) is 13.1 Å². The van der Waals surface area contributed by atoms with Gasteiger partial charge in [0, 0.05) is 0 Å². The SMILES string of the molecule is C[Si]1(C)C(Cl)=C[Se]/C1=C\Cl. The number of rotatable bonds is 0. The molecule has 0 spiro atoms. The Morgan fingerprint density at radius 3 is 2.40 bits per heavy atom. The van der Waals surface area contributed by atoms with E-state index in [9.17, 15) is 0 Å². The Kier molecular flexibility index (Phi) is 2.70. The molecule has 0 aromatic rings. The van der Waals surface area contributed by atoms with Gasteiger partial charge in [0.15, 0.2) is 0 Å². The van der Waals surface area contributed by atoms with Crippen molar-refractivity contribution in [3.63, 3.8) is 0 Å². The molecule has 0 N–H and O–H groups in total. The molecule has 0 saturated carbocycles. The Morgan fingerprint density at radius 2 is 2.20 bits per heavy atom. The van der Waals surface area contributed by atoms with E-state index in [-0.39, 0.29) is 0 Å². The number of hydrogen-bond acceptors (Lipinski definition) is 0. The van der Waals surface area contributed by atoms with Crippen molar-refractivity contribution in [1.29, 1.82) is 0 Å². The van der Waals surface area contributed by atoms with Gasteiger partial charge >= 0.3 is 78.6 Å². The molecule has 0 unspecified atom stereocenters. The monoisotopic (exact) mass is 258 g/mol. The predicted octanol–water partition coefficient (Wildman–Crippen LogP) is 2.65. The van der Waals surface area contributed by atoms with Crippen LogP contribution in [0.1, 0.15) is 0 Å². The van der Waals surface area contributed by atoms with Crippen LogP contribution in [0.5, 0.6) is 0 Å². The Bertz CT molecular complexity index is 208. The van der Waals surface area contributed by atoms with E-state index in [4.69, 9.17) is 23.2 Å². The van der Waals surface area contributed by atoms with E-state index in [0.29, 0.717) is 15.0 Å². The zero-order valence-electron chi connectivity index (χ0n) is 5.82. The summed E-state index contributed by atoms with van der Waals surface area (Å²) in [5, 5.41) is 0. The molecule has 0 fully saturated rings. The van der Waals surface area contributed by atoms with Gasteiger partial charge in [0.25, 0.3) is 0 Å². The van der Waals surface area contributed by atoms with E-state index in [2.05, 4.69) is 18.1 Å². The van der Waals surface area contributed by atoms with Crippen molar-refractivity contribution in [3.8, 4) is 0 Å². The van der Waals surface area contributed by atoms with Gasteiger partial charge in [-0.3, -0.25) is 0 Å². The molecule has 1 rings (SSSR count). The Morgan fingerprint density at radius 1 is 1.60 bits per heavy atom. The van der Waals surface area contributed by atoms with Gasteiger partial charge in [0.1, 0.15) is 0 Å². The summed E-state index contributed by atoms with van der Waals surface area (Å²) in [5.74, 6) is 0. The maximum atomic E-state index is 6.02. The second-order valence-electron chi connectivity index (χ2n) is 2.68. The maximum absolute atomic E-state index is 6.02. The van der Waals surface area contributed by atoms with E-state index >= 15 is 0 Å². The molecule has 1 aliphatic rings. The van der Waals surface area contributed by atoms with Crippen LogP contribution < -0.4 is 0 Å². The molecule has 0 amide bonds. The van der Waals surface area contributed by atoms with Crippen molar-refractivity contribution in [1.82, 2.24) is 0 Å². The van der Waals surface area contributed by atoms with Crippen LogP contribution in [0.4, 0.5) is 0 Å². The van der Waals surface area contributed by atoms with Crippen molar-refractivity contribution in [2.75, 3.05) is 0 Å². The van der Waals surface area contributed by atoms with E-state index in [1.807, 2.05) is 0 Å². The molecule has 0 bridgehead atoms. The first-order valence-corrected chi connectivity index (χ1v) is 8.58. The zero-order valence-corrected chi connectivity index (χ0v) is 10.0. The van der Waals surface area contributed by atoms with Gasteiger partial charge in [-0.15, -0.1) is 0 Å². The summed E-state index contributed by atoms with van der Waals surface area (Å²) in [6.07, 6.45) is 0. The average Bonchev–Trinajstić information content (AvgIpc) is 2.10. The normalized spacial score (nSPS) is 27.2. The summed E-state index contributed by atoms with van der Waals surface area (Å²) in [6.45, 7) is 4.46. The summed E-state index contributed by atoms with van der Waals surface area (Å²) in [4.78, 5) is 2.13. The van der Waals surface area contributed by atoms with Gasteiger partial charge in [-0.25, -0.2) is 0 Å². The first-order chi connectivity index (χ1) is 4.59. The molecule has 56 valence electrons. The average molecular weight is 258 g/mol. The van der Waals surface area contributed by atoms with Crippen molar-refractivity contribution < 1.29 is 0 Å². The topological polar surface area (TPSA) is 0 Å². The Labute approximate surface area is 78.4 Å². The fourth-order valence-corrected chi connectivity index (χ4v) is 9.40. The number of halogens is 2. The van der Waals surface area contributed by atoms with Gasteiger partial charge in [-0.1, -0.05) is 0 Å². The number of hydrogen-bond donors (Lipinski definition) is 0. The molecule has 1 heterocycles. The molecule has 10 heavy (non-hydrogen) atoms. The molecule has 0 saturated heterocycles. The minimum absolute atomic E-state index is 0.439. The third-order valence-corrected chi connectivity index (χ3v) is 12.6. The third-order valence-electron chi connectivity index (χ3n) is 1.60. The minimum atomic E-state index is -1.39. The van der Waals surface area contributed by atoms with Gasteiger partial charge in [-0.2, -0.15) is 0 Å². The van der Waals surface area contributed by atoms with Crippen molar-refractivity contribution in [3.05, 3.63) is 19.3 Å². The first kappa shape index (κ1) is 8.89. The zero-order chi connectivity index (χ0) is 7.78. The fourth-order valence-electron chi connectivity index (χ4n) is 0.690. The van der Waals surface area contributed by atoms with E-state index in [1.165, 1.54) is 4.09 Å². The van der Waals surface area contributed by atoms with Gasteiger partial charge in [-0.05, 0) is 0 Å². The van der Waals surface area contributed by atoms with Gasteiger partial charge in [0.05, 0.1) is 0 Å². The van der Waals surface area contributed by atoms with E-state index in [0.717, 1.165) is 4.66 Å². The summed E-state index contributed by atoms with van der Waals surface area (Å²) in [6, 6.07) is 0. The van der Waals surface area contributed by atoms with Crippen LogP contribution in [0.15, 0.2) is 19.3 Å². The molecule has 0 radical (unpaired) electrons. The van der Waals surface area contributed by atoms with Crippen LogP contribution in [0.25, 0.3) is 0 Å². The van der Waals surface area contributed by atoms with Crippen LogP contribution in [-0.4, -0.2) is 23.0 Å². The fraction of sp³-hybridized carbons (Fsp3) is 0.333. The molecule has 0 atom stereocenters. The molecule has 4 heteroatoms. The molecule has 0 nitrogen and oxygen atoms in total. The molecule has 1 aliphatic heterocycles. The summed E-state index contributed by atoms with van der Waals surface area (Å²) >= 11 is 12.1. The third kappa shape index (κ3) is 1.36. The van der Waals surface area contributed by atoms with Gasteiger partial charge in [0.2, 0.25) is 0 Å². The quantitative estimate of drug-likeness (QED) is 0.586. The van der Waals surface area contributed by atoms with Crippen LogP contribution in [-0.2, 0) is 0 Å². The van der Waals surface area contributed by atoms with Crippen molar-refractivity contribution in [2.24, 2.45) is 0 Å². The molecular formula is C6H8Cl2SeSi. The molecule has 0 aromatic carbocycles. The first-order valence-electron chi connectivity index (χ1n) is 2.92. The summed E-state index contributed by atoms with van der Waals surface area (Å²) < 4.78 is 2.46. The Balaban J connectivity index is 2.95. The summed E-state index contributed by atoms with van der Waals surface area (Å²) in [7, 11) is -1.39. The van der Waals surface area contributed by atoms with Crippen LogP contribution >= 0.6 is 23.2 Å². The predicted molar refractivity (Wildman–Crippen MR) is 51.1 cm³/mol. The summed E-state index contributed by atoms with van der Waals surface area (Å²) in [5.41, 5.74) is 1.72. The van der Waals surface area contributed by atoms with E-state index < -0.39 is 8.07 Å². The molecular weight excluding hydrogens is 250 g/mol. The van der Waals surface area contributed by atoms with Crippen molar-refractivity contribution >= 4 is 46.2 Å². The van der Waals surface area contributed by atoms with E-state index in [1.54, 1.807) is 5.54 Å². The molecule has 0 aliphatic carbocycles. The Hall–Kier alpha value is 0.796.